The SMILES string of the molecule is CC(C)c1n[nH]c2c1CNCC2CC(C)c1n[nH]c2c1CN(C)CC2. The largest absolute Gasteiger partial charge is 0.312 e. The topological polar surface area (TPSA) is 72.6 Å². The molecule has 0 bridgehead atoms. The van der Waals surface area contributed by atoms with Gasteiger partial charge in [0, 0.05) is 67.0 Å². The number of likely N-dealkylation sites (N-methyl/N-ethyl adjacent to an activating group) is 1. The number of aromatic amines is 2. The van der Waals surface area contributed by atoms with Crippen molar-refractivity contribution in [1.29, 1.82) is 0 Å². The van der Waals surface area contributed by atoms with E-state index in [0.717, 1.165) is 39.0 Å². The first-order chi connectivity index (χ1) is 12.0. The standard InChI is InChI=1S/C19H30N6/c1-11(2)17-14-9-20-8-13(19(14)24-22-17)7-12(3)18-15-10-25(4)6-5-16(15)21-23-18/h11-13,20H,5-10H2,1-4H3,(H,21,23)(H,22,24). The lowest BCUT2D eigenvalue weighted by Crippen LogP contribution is -2.30. The molecular weight excluding hydrogens is 312 g/mol. The molecule has 0 spiro atoms. The molecule has 0 saturated heterocycles. The van der Waals surface area contributed by atoms with Gasteiger partial charge in [-0.3, -0.25) is 10.2 Å². The van der Waals surface area contributed by atoms with Gasteiger partial charge >= 0.3 is 0 Å². The Hall–Kier alpha value is -1.66. The van der Waals surface area contributed by atoms with Crippen molar-refractivity contribution in [3.8, 4) is 0 Å². The van der Waals surface area contributed by atoms with E-state index in [0.29, 0.717) is 17.8 Å². The van der Waals surface area contributed by atoms with Gasteiger partial charge in [-0.1, -0.05) is 20.8 Å². The maximum absolute atomic E-state index is 4.69. The fourth-order valence-corrected chi connectivity index (χ4v) is 4.47. The Morgan fingerprint density at radius 2 is 1.92 bits per heavy atom. The lowest BCUT2D eigenvalue weighted by atomic mass is 9.85. The van der Waals surface area contributed by atoms with Crippen molar-refractivity contribution in [2.45, 2.75) is 64.5 Å². The molecule has 2 unspecified atom stereocenters. The van der Waals surface area contributed by atoms with Gasteiger partial charge in [0.2, 0.25) is 0 Å². The smallest absolute Gasteiger partial charge is 0.0698 e. The van der Waals surface area contributed by atoms with E-state index >= 15 is 0 Å². The summed E-state index contributed by atoms with van der Waals surface area (Å²) in [6, 6.07) is 0. The molecule has 2 aromatic rings. The highest BCUT2D eigenvalue weighted by atomic mass is 15.2. The quantitative estimate of drug-likeness (QED) is 0.799. The average molecular weight is 342 g/mol. The van der Waals surface area contributed by atoms with Gasteiger partial charge in [-0.2, -0.15) is 10.2 Å². The Balaban J connectivity index is 1.55. The third-order valence-corrected chi connectivity index (χ3v) is 5.84. The summed E-state index contributed by atoms with van der Waals surface area (Å²) in [5.41, 5.74) is 7.98. The van der Waals surface area contributed by atoms with Crippen LogP contribution in [0, 0.1) is 0 Å². The second kappa shape index (κ2) is 6.57. The molecule has 2 aliphatic heterocycles. The summed E-state index contributed by atoms with van der Waals surface area (Å²) in [4.78, 5) is 2.39. The summed E-state index contributed by atoms with van der Waals surface area (Å²) in [5, 5.41) is 19.5. The molecule has 6 nitrogen and oxygen atoms in total. The zero-order chi connectivity index (χ0) is 17.6. The summed E-state index contributed by atoms with van der Waals surface area (Å²) in [5.74, 6) is 1.38. The van der Waals surface area contributed by atoms with Gasteiger partial charge in [-0.25, -0.2) is 0 Å². The molecule has 0 fully saturated rings. The number of hydrogen-bond acceptors (Lipinski definition) is 4. The van der Waals surface area contributed by atoms with Crippen LogP contribution in [-0.4, -0.2) is 45.4 Å². The predicted octanol–water partition coefficient (Wildman–Crippen LogP) is 2.62. The molecule has 2 aliphatic rings. The molecule has 25 heavy (non-hydrogen) atoms. The van der Waals surface area contributed by atoms with E-state index < -0.39 is 0 Å². The normalized spacial score (nSPS) is 22.0. The highest BCUT2D eigenvalue weighted by molar-refractivity contribution is 5.34. The fourth-order valence-electron chi connectivity index (χ4n) is 4.47. The first kappa shape index (κ1) is 16.8. The zero-order valence-electron chi connectivity index (χ0n) is 15.8. The van der Waals surface area contributed by atoms with Crippen molar-refractivity contribution in [2.24, 2.45) is 0 Å². The van der Waals surface area contributed by atoms with Crippen molar-refractivity contribution in [1.82, 2.24) is 30.6 Å². The fraction of sp³-hybridized carbons (Fsp3) is 0.684. The summed E-state index contributed by atoms with van der Waals surface area (Å²) in [7, 11) is 2.19. The molecule has 4 rings (SSSR count). The van der Waals surface area contributed by atoms with Gasteiger partial charge < -0.3 is 10.2 Å². The van der Waals surface area contributed by atoms with Crippen LogP contribution in [0.15, 0.2) is 0 Å². The Bertz CT molecular complexity index is 743. The minimum Gasteiger partial charge on any atom is -0.312 e. The van der Waals surface area contributed by atoms with E-state index in [1.54, 1.807) is 0 Å². The maximum atomic E-state index is 4.69. The Morgan fingerprint density at radius 3 is 2.72 bits per heavy atom. The molecule has 2 atom stereocenters. The highest BCUT2D eigenvalue weighted by Gasteiger charge is 2.30. The molecule has 4 heterocycles. The number of rotatable bonds is 4. The Morgan fingerprint density at radius 1 is 1.12 bits per heavy atom. The zero-order valence-corrected chi connectivity index (χ0v) is 15.8. The molecular formula is C19H30N6. The van der Waals surface area contributed by atoms with Crippen LogP contribution in [0.1, 0.15) is 78.8 Å². The number of fused-ring (bicyclic) bond motifs is 2. The second-order valence-corrected chi connectivity index (χ2v) is 8.17. The monoisotopic (exact) mass is 342 g/mol. The van der Waals surface area contributed by atoms with Gasteiger partial charge in [0.25, 0.3) is 0 Å². The van der Waals surface area contributed by atoms with Crippen molar-refractivity contribution in [2.75, 3.05) is 20.1 Å². The number of hydrogen-bond donors (Lipinski definition) is 3. The molecule has 0 radical (unpaired) electrons. The summed E-state index contributed by atoms with van der Waals surface area (Å²) < 4.78 is 0. The van der Waals surface area contributed by atoms with E-state index in [9.17, 15) is 0 Å². The molecule has 2 aromatic heterocycles. The van der Waals surface area contributed by atoms with Crippen molar-refractivity contribution in [3.05, 3.63) is 33.9 Å². The third-order valence-electron chi connectivity index (χ3n) is 5.84. The van der Waals surface area contributed by atoms with Crippen molar-refractivity contribution < 1.29 is 0 Å². The van der Waals surface area contributed by atoms with Crippen LogP contribution in [0.3, 0.4) is 0 Å². The van der Waals surface area contributed by atoms with Crippen molar-refractivity contribution >= 4 is 0 Å². The lowest BCUT2D eigenvalue weighted by molar-refractivity contribution is 0.309. The molecule has 3 N–H and O–H groups in total. The lowest BCUT2D eigenvalue weighted by Gasteiger charge is -2.27. The van der Waals surface area contributed by atoms with Crippen molar-refractivity contribution in [3.63, 3.8) is 0 Å². The summed E-state index contributed by atoms with van der Waals surface area (Å²) in [6.07, 6.45) is 2.18. The molecule has 136 valence electrons. The number of nitrogens with one attached hydrogen (secondary N) is 3. The molecule has 0 aromatic carbocycles. The molecule has 0 amide bonds. The van der Waals surface area contributed by atoms with Gasteiger partial charge in [0.05, 0.1) is 11.4 Å². The van der Waals surface area contributed by atoms with Crippen LogP contribution < -0.4 is 5.32 Å². The minimum absolute atomic E-state index is 0.440. The first-order valence-corrected chi connectivity index (χ1v) is 9.56. The number of nitrogens with zero attached hydrogens (tertiary/aromatic N) is 3. The summed E-state index contributed by atoms with van der Waals surface area (Å²) in [6.45, 7) is 10.8. The predicted molar refractivity (Wildman–Crippen MR) is 98.8 cm³/mol. The Kier molecular flexibility index (Phi) is 4.41. The van der Waals surface area contributed by atoms with E-state index in [1.807, 2.05) is 0 Å². The number of H-pyrrole nitrogens is 2. The minimum atomic E-state index is 0.440. The Labute approximate surface area is 149 Å². The van der Waals surface area contributed by atoms with E-state index in [2.05, 4.69) is 58.4 Å². The van der Waals surface area contributed by atoms with Crippen LogP contribution in [0.5, 0.6) is 0 Å². The van der Waals surface area contributed by atoms with Gasteiger partial charge in [0.1, 0.15) is 0 Å². The van der Waals surface area contributed by atoms with Crippen LogP contribution in [-0.2, 0) is 19.5 Å². The van der Waals surface area contributed by atoms with Crippen LogP contribution >= 0.6 is 0 Å². The van der Waals surface area contributed by atoms with E-state index in [1.165, 1.54) is 33.9 Å². The first-order valence-electron chi connectivity index (χ1n) is 9.56. The van der Waals surface area contributed by atoms with Gasteiger partial charge in [0.15, 0.2) is 0 Å². The highest BCUT2D eigenvalue weighted by Crippen LogP contribution is 2.36. The van der Waals surface area contributed by atoms with Crippen LogP contribution in [0.2, 0.25) is 0 Å². The number of aromatic nitrogens is 4. The van der Waals surface area contributed by atoms with Gasteiger partial charge in [-0.05, 0) is 19.4 Å². The third kappa shape index (κ3) is 3.02. The molecule has 6 heteroatoms. The van der Waals surface area contributed by atoms with Crippen LogP contribution in [0.25, 0.3) is 0 Å². The molecule has 0 aliphatic carbocycles. The maximum Gasteiger partial charge on any atom is 0.0698 e. The molecule has 0 saturated carbocycles. The summed E-state index contributed by atoms with van der Waals surface area (Å²) >= 11 is 0. The van der Waals surface area contributed by atoms with E-state index in [4.69, 9.17) is 0 Å². The van der Waals surface area contributed by atoms with E-state index in [-0.39, 0.29) is 0 Å². The van der Waals surface area contributed by atoms with Gasteiger partial charge in [-0.15, -0.1) is 0 Å². The van der Waals surface area contributed by atoms with Crippen LogP contribution in [0.4, 0.5) is 0 Å². The average Bonchev–Trinajstić information content (AvgIpc) is 3.18. The second-order valence-electron chi connectivity index (χ2n) is 8.17.